The molecule has 0 aliphatic rings. The summed E-state index contributed by atoms with van der Waals surface area (Å²) in [6.07, 6.45) is 0. The van der Waals surface area contributed by atoms with Crippen molar-refractivity contribution in [3.05, 3.63) is 29.8 Å². The third-order valence-electron chi connectivity index (χ3n) is 1.91. The van der Waals surface area contributed by atoms with E-state index in [-0.39, 0.29) is 5.91 Å². The van der Waals surface area contributed by atoms with Gasteiger partial charge in [0.15, 0.2) is 0 Å². The lowest BCUT2D eigenvalue weighted by Crippen LogP contribution is -2.25. The maximum atomic E-state index is 11.5. The van der Waals surface area contributed by atoms with E-state index < -0.39 is 0 Å². The molecule has 5 heteroatoms. The highest BCUT2D eigenvalue weighted by Crippen LogP contribution is 2.08. The second kappa shape index (κ2) is 6.31. The normalized spacial score (nSPS) is 9.73. The fourth-order valence-corrected chi connectivity index (χ4v) is 1.29. The van der Waals surface area contributed by atoms with E-state index in [1.54, 1.807) is 12.1 Å². The first kappa shape index (κ1) is 11.9. The molecule has 1 rings (SSSR count). The summed E-state index contributed by atoms with van der Waals surface area (Å²) in [4.78, 5) is 11.5. The van der Waals surface area contributed by atoms with Crippen LogP contribution in [0.15, 0.2) is 24.3 Å². The first-order valence-electron chi connectivity index (χ1n) is 4.60. The number of anilines is 1. The van der Waals surface area contributed by atoms with Crippen molar-refractivity contribution in [3.63, 3.8) is 0 Å². The molecule has 1 amide bonds. The molecule has 15 heavy (non-hydrogen) atoms. The van der Waals surface area contributed by atoms with Gasteiger partial charge in [-0.1, -0.05) is 0 Å². The molecule has 0 aliphatic carbocycles. The number of nitrogens with one attached hydrogen (secondary N) is 2. The minimum absolute atomic E-state index is 0.119. The van der Waals surface area contributed by atoms with Crippen LogP contribution in [0.5, 0.6) is 0 Å². The zero-order valence-electron chi connectivity index (χ0n) is 8.49. The van der Waals surface area contributed by atoms with Gasteiger partial charge in [-0.05, 0) is 36.3 Å². The molecule has 0 saturated carbocycles. The average Bonchev–Trinajstić information content (AvgIpc) is 2.29. The Kier molecular flexibility index (Phi) is 5.00. The van der Waals surface area contributed by atoms with Crippen molar-refractivity contribution in [3.8, 4) is 0 Å². The highest BCUT2D eigenvalue weighted by Gasteiger charge is 2.03. The number of rotatable bonds is 5. The summed E-state index contributed by atoms with van der Waals surface area (Å²) in [7, 11) is 1.83. The lowest BCUT2D eigenvalue weighted by atomic mass is 10.2. The van der Waals surface area contributed by atoms with Crippen LogP contribution in [0.4, 0.5) is 5.69 Å². The van der Waals surface area contributed by atoms with E-state index >= 15 is 0 Å². The minimum atomic E-state index is -0.119. The van der Waals surface area contributed by atoms with Crippen molar-refractivity contribution in [2.24, 2.45) is 0 Å². The summed E-state index contributed by atoms with van der Waals surface area (Å²) in [5.74, 6) is 0.382. The van der Waals surface area contributed by atoms with Gasteiger partial charge in [-0.15, -0.1) is 0 Å². The number of carbonyl (C=O) groups excluding carboxylic acids is 1. The average molecular weight is 226 g/mol. The van der Waals surface area contributed by atoms with Crippen molar-refractivity contribution in [2.75, 3.05) is 24.7 Å². The van der Waals surface area contributed by atoms with Gasteiger partial charge in [-0.3, -0.25) is 4.79 Å². The highest BCUT2D eigenvalue weighted by atomic mass is 32.2. The van der Waals surface area contributed by atoms with Gasteiger partial charge in [0.1, 0.15) is 0 Å². The summed E-state index contributed by atoms with van der Waals surface area (Å²) in [5.41, 5.74) is 1.59. The van der Waals surface area contributed by atoms with Crippen LogP contribution in [0, 0.1) is 0 Å². The van der Waals surface area contributed by atoms with Crippen molar-refractivity contribution < 1.29 is 9.35 Å². The van der Waals surface area contributed by atoms with Crippen molar-refractivity contribution >= 4 is 23.6 Å². The van der Waals surface area contributed by atoms with Gasteiger partial charge in [0.05, 0.1) is 0 Å². The van der Waals surface area contributed by atoms with Gasteiger partial charge in [-0.2, -0.15) is 0 Å². The first-order chi connectivity index (χ1) is 7.27. The Morgan fingerprint density at radius 2 is 2.07 bits per heavy atom. The van der Waals surface area contributed by atoms with Gasteiger partial charge < -0.3 is 15.2 Å². The zero-order chi connectivity index (χ0) is 11.1. The maximum Gasteiger partial charge on any atom is 0.251 e. The number of carbonyl (C=O) groups is 1. The number of hydrogen-bond donors (Lipinski definition) is 3. The first-order valence-corrected chi connectivity index (χ1v) is 5.54. The SMILES string of the molecule is CNc1ccc(C(=O)NCCSO)cc1. The van der Waals surface area contributed by atoms with Crippen LogP contribution in [0.3, 0.4) is 0 Å². The van der Waals surface area contributed by atoms with Crippen molar-refractivity contribution in [2.45, 2.75) is 0 Å². The molecule has 0 unspecified atom stereocenters. The molecule has 0 radical (unpaired) electrons. The Labute approximate surface area is 93.3 Å². The zero-order valence-corrected chi connectivity index (χ0v) is 9.30. The molecule has 0 saturated heterocycles. The molecule has 1 aromatic carbocycles. The van der Waals surface area contributed by atoms with Crippen LogP contribution in [-0.2, 0) is 0 Å². The standard InChI is InChI=1S/C10H14N2O2S/c1-11-9-4-2-8(3-5-9)10(13)12-6-7-15-14/h2-5,11,14H,6-7H2,1H3,(H,12,13). The summed E-state index contributed by atoms with van der Waals surface area (Å²) in [6, 6.07) is 7.20. The van der Waals surface area contributed by atoms with Crippen LogP contribution in [-0.4, -0.2) is 29.8 Å². The fourth-order valence-electron chi connectivity index (χ4n) is 1.10. The van der Waals surface area contributed by atoms with Gasteiger partial charge in [0.25, 0.3) is 5.91 Å². The molecule has 3 N–H and O–H groups in total. The third kappa shape index (κ3) is 3.81. The topological polar surface area (TPSA) is 61.4 Å². The van der Waals surface area contributed by atoms with E-state index in [2.05, 4.69) is 10.6 Å². The predicted octanol–water partition coefficient (Wildman–Crippen LogP) is 1.66. The Bertz CT molecular complexity index is 314. The molecule has 0 bridgehead atoms. The summed E-state index contributed by atoms with van der Waals surface area (Å²) in [5, 5.41) is 5.67. The van der Waals surface area contributed by atoms with Gasteiger partial charge >= 0.3 is 0 Å². The van der Waals surface area contributed by atoms with E-state index in [0.29, 0.717) is 17.9 Å². The van der Waals surface area contributed by atoms with Crippen LogP contribution < -0.4 is 10.6 Å². The van der Waals surface area contributed by atoms with Crippen LogP contribution in [0.1, 0.15) is 10.4 Å². The fraction of sp³-hybridized carbons (Fsp3) is 0.300. The van der Waals surface area contributed by atoms with Gasteiger partial charge in [-0.25, -0.2) is 0 Å². The van der Waals surface area contributed by atoms with Gasteiger partial charge in [0, 0.05) is 30.6 Å². The summed E-state index contributed by atoms with van der Waals surface area (Å²) < 4.78 is 8.48. The molecule has 0 atom stereocenters. The molecular weight excluding hydrogens is 212 g/mol. The Morgan fingerprint density at radius 1 is 1.40 bits per heavy atom. The number of amides is 1. The molecule has 0 aromatic heterocycles. The van der Waals surface area contributed by atoms with Gasteiger partial charge in [0.2, 0.25) is 0 Å². The van der Waals surface area contributed by atoms with Crippen LogP contribution in [0.25, 0.3) is 0 Å². The number of benzene rings is 1. The van der Waals surface area contributed by atoms with Crippen molar-refractivity contribution in [1.82, 2.24) is 5.32 Å². The molecule has 0 fully saturated rings. The molecule has 4 nitrogen and oxygen atoms in total. The smallest absolute Gasteiger partial charge is 0.251 e. The largest absolute Gasteiger partial charge is 0.388 e. The molecule has 0 spiro atoms. The van der Waals surface area contributed by atoms with E-state index in [9.17, 15) is 4.79 Å². The predicted molar refractivity (Wildman–Crippen MR) is 63.4 cm³/mol. The third-order valence-corrected chi connectivity index (χ3v) is 2.30. The van der Waals surface area contributed by atoms with E-state index in [1.165, 1.54) is 0 Å². The Balaban J connectivity index is 2.50. The lowest BCUT2D eigenvalue weighted by molar-refractivity contribution is 0.0956. The molecular formula is C10H14N2O2S. The van der Waals surface area contributed by atoms with Crippen LogP contribution >= 0.6 is 12.0 Å². The van der Waals surface area contributed by atoms with E-state index in [4.69, 9.17) is 4.55 Å². The van der Waals surface area contributed by atoms with Crippen molar-refractivity contribution in [1.29, 1.82) is 0 Å². The Hall–Kier alpha value is -1.20. The second-order valence-corrected chi connectivity index (χ2v) is 3.58. The molecule has 82 valence electrons. The van der Waals surface area contributed by atoms with Crippen LogP contribution in [0.2, 0.25) is 0 Å². The van der Waals surface area contributed by atoms with E-state index in [0.717, 1.165) is 17.7 Å². The summed E-state index contributed by atoms with van der Waals surface area (Å²) in [6.45, 7) is 0.466. The maximum absolute atomic E-state index is 11.5. The monoisotopic (exact) mass is 226 g/mol. The Morgan fingerprint density at radius 3 is 2.60 bits per heavy atom. The molecule has 0 heterocycles. The second-order valence-electron chi connectivity index (χ2n) is 2.92. The summed E-state index contributed by atoms with van der Waals surface area (Å²) >= 11 is 0.720. The quantitative estimate of drug-likeness (QED) is 0.528. The molecule has 1 aromatic rings. The molecule has 0 aliphatic heterocycles. The highest BCUT2D eigenvalue weighted by molar-refractivity contribution is 7.93. The lowest BCUT2D eigenvalue weighted by Gasteiger charge is -2.04. The van der Waals surface area contributed by atoms with E-state index in [1.807, 2.05) is 19.2 Å². The minimum Gasteiger partial charge on any atom is -0.388 e. The number of hydrogen-bond acceptors (Lipinski definition) is 4.